The maximum atomic E-state index is 6.37. The Morgan fingerprint density at radius 3 is 2.44 bits per heavy atom. The van der Waals surface area contributed by atoms with Crippen molar-refractivity contribution in [3.63, 3.8) is 0 Å². The van der Waals surface area contributed by atoms with Crippen LogP contribution in [0.2, 0.25) is 19.1 Å². The van der Waals surface area contributed by atoms with Crippen molar-refractivity contribution >= 4 is 29.2 Å². The normalized spacial score (nSPS) is 11.9. The summed E-state index contributed by atoms with van der Waals surface area (Å²) in [5.74, 6) is 0. The summed E-state index contributed by atoms with van der Waals surface area (Å²) < 4.78 is 0. The van der Waals surface area contributed by atoms with Gasteiger partial charge in [0.1, 0.15) is 0 Å². The fourth-order valence-corrected chi connectivity index (χ4v) is 3.09. The molecule has 2 aromatic rings. The predicted molar refractivity (Wildman–Crippen MR) is 75.8 cm³/mol. The van der Waals surface area contributed by atoms with Crippen LogP contribution in [0.15, 0.2) is 42.5 Å². The van der Waals surface area contributed by atoms with Gasteiger partial charge < -0.3 is 0 Å². The number of hydrogen-bond donors (Lipinski definition) is 0. The third-order valence-electron chi connectivity index (χ3n) is 2.87. The molecule has 0 N–H and O–H groups in total. The van der Waals surface area contributed by atoms with Crippen LogP contribution in [-0.2, 0) is 6.42 Å². The number of rotatable bonds is 3. The highest BCUT2D eigenvalue weighted by molar-refractivity contribution is 7.19. The number of aryl methyl sites for hydroxylation is 1. The minimum atomic E-state index is -1.46. The lowest BCUT2D eigenvalue weighted by Crippen LogP contribution is -2.16. The van der Waals surface area contributed by atoms with E-state index >= 15 is 0 Å². The molecule has 2 rings (SSSR count). The van der Waals surface area contributed by atoms with Gasteiger partial charge in [-0.2, -0.15) is 11.1 Å². The third-order valence-corrected chi connectivity index (χ3v) is 4.87. The van der Waals surface area contributed by atoms with Crippen molar-refractivity contribution in [2.45, 2.75) is 25.6 Å². The fourth-order valence-electron chi connectivity index (χ4n) is 1.94. The maximum Gasteiger partial charge on any atom is 0.150 e. The average Bonchev–Trinajstić information content (AvgIpc) is 2.25. The first-order chi connectivity index (χ1) is 7.56. The number of fused-ring (bicyclic) bond motifs is 1. The van der Waals surface area contributed by atoms with Crippen molar-refractivity contribution in [2.24, 2.45) is 0 Å². The Morgan fingerprint density at radius 2 is 1.69 bits per heavy atom. The molecule has 0 fully saturated rings. The molecule has 2 heteroatoms. The maximum absolute atomic E-state index is 6.37. The molecule has 0 saturated carbocycles. The van der Waals surface area contributed by atoms with Crippen LogP contribution >= 0.6 is 11.1 Å². The van der Waals surface area contributed by atoms with Crippen molar-refractivity contribution in [2.75, 3.05) is 0 Å². The molecule has 0 bridgehead atoms. The monoisotopic (exact) mass is 248 g/mol. The fraction of sp³-hybridized carbons (Fsp3) is 0.286. The highest BCUT2D eigenvalue weighted by atomic mass is 35.6. The second kappa shape index (κ2) is 4.60. The Kier molecular flexibility index (Phi) is 3.36. The molecule has 84 valence electrons. The van der Waals surface area contributed by atoms with Crippen LogP contribution in [0, 0.1) is 0 Å². The van der Waals surface area contributed by atoms with Crippen LogP contribution < -0.4 is 0 Å². The second-order valence-electron chi connectivity index (χ2n) is 4.86. The smallest absolute Gasteiger partial charge is 0.150 e. The molecule has 0 amide bonds. The molecule has 0 atom stereocenters. The van der Waals surface area contributed by atoms with Gasteiger partial charge in [0.25, 0.3) is 0 Å². The molecular weight excluding hydrogens is 232 g/mol. The quantitative estimate of drug-likeness (QED) is 0.539. The minimum absolute atomic E-state index is 1.10. The van der Waals surface area contributed by atoms with Gasteiger partial charge in [0, 0.05) is 0 Å². The largest absolute Gasteiger partial charge is 0.168 e. The molecule has 0 aliphatic heterocycles. The van der Waals surface area contributed by atoms with Gasteiger partial charge >= 0.3 is 0 Å². The van der Waals surface area contributed by atoms with E-state index in [2.05, 4.69) is 55.6 Å². The summed E-state index contributed by atoms with van der Waals surface area (Å²) in [7, 11) is -1.46. The number of benzene rings is 2. The summed E-state index contributed by atoms with van der Waals surface area (Å²) in [6.07, 6.45) is 1.10. The van der Waals surface area contributed by atoms with Gasteiger partial charge in [-0.3, -0.25) is 0 Å². The average molecular weight is 249 g/mol. The first-order valence-electron chi connectivity index (χ1n) is 5.72. The third kappa shape index (κ3) is 2.87. The zero-order valence-corrected chi connectivity index (χ0v) is 11.6. The summed E-state index contributed by atoms with van der Waals surface area (Å²) >= 11 is 6.37. The van der Waals surface area contributed by atoms with Gasteiger partial charge in [0.2, 0.25) is 0 Å². The SMILES string of the molecule is C[Si](C)(Cl)CCc1cccc2ccccc12. The molecule has 0 heterocycles. The van der Waals surface area contributed by atoms with Crippen molar-refractivity contribution < 1.29 is 0 Å². The lowest BCUT2D eigenvalue weighted by Gasteiger charge is -2.13. The zero-order chi connectivity index (χ0) is 11.6. The summed E-state index contributed by atoms with van der Waals surface area (Å²) in [5.41, 5.74) is 1.43. The highest BCUT2D eigenvalue weighted by Gasteiger charge is 2.16. The van der Waals surface area contributed by atoms with Crippen LogP contribution in [0.5, 0.6) is 0 Å². The van der Waals surface area contributed by atoms with Crippen molar-refractivity contribution in [3.8, 4) is 0 Å². The molecule has 0 radical (unpaired) electrons. The lowest BCUT2D eigenvalue weighted by molar-refractivity contribution is 1.12. The Morgan fingerprint density at radius 1 is 1.00 bits per heavy atom. The summed E-state index contributed by atoms with van der Waals surface area (Å²) in [6, 6.07) is 16.2. The molecular formula is C14H17ClSi. The van der Waals surface area contributed by atoms with E-state index in [9.17, 15) is 0 Å². The van der Waals surface area contributed by atoms with Crippen LogP contribution in [0.4, 0.5) is 0 Å². The van der Waals surface area contributed by atoms with E-state index in [0.29, 0.717) is 0 Å². The number of halogens is 1. The highest BCUT2D eigenvalue weighted by Crippen LogP contribution is 2.23. The minimum Gasteiger partial charge on any atom is -0.168 e. The van der Waals surface area contributed by atoms with E-state index in [1.165, 1.54) is 16.3 Å². The van der Waals surface area contributed by atoms with Crippen molar-refractivity contribution in [1.29, 1.82) is 0 Å². The summed E-state index contributed by atoms with van der Waals surface area (Å²) in [5, 5.41) is 2.70. The van der Waals surface area contributed by atoms with Gasteiger partial charge in [-0.05, 0) is 28.8 Å². The molecule has 0 saturated heterocycles. The molecule has 0 unspecified atom stereocenters. The van der Waals surface area contributed by atoms with Crippen LogP contribution in [0.25, 0.3) is 10.8 Å². The Balaban J connectivity index is 2.30. The zero-order valence-electron chi connectivity index (χ0n) is 9.83. The van der Waals surface area contributed by atoms with E-state index in [-0.39, 0.29) is 0 Å². The Bertz CT molecular complexity index is 480. The standard InChI is InChI=1S/C14H17ClSi/c1-16(2,15)11-10-13-8-5-7-12-6-3-4-9-14(12)13/h3-9H,10-11H2,1-2H3. The number of hydrogen-bond acceptors (Lipinski definition) is 0. The Labute approximate surface area is 103 Å². The van der Waals surface area contributed by atoms with E-state index in [1.54, 1.807) is 0 Å². The van der Waals surface area contributed by atoms with Gasteiger partial charge in [-0.15, -0.1) is 0 Å². The van der Waals surface area contributed by atoms with E-state index < -0.39 is 7.38 Å². The second-order valence-corrected chi connectivity index (χ2v) is 11.9. The summed E-state index contributed by atoms with van der Waals surface area (Å²) in [4.78, 5) is 0. The molecule has 0 aliphatic carbocycles. The first-order valence-corrected chi connectivity index (χ1v) is 9.94. The molecule has 16 heavy (non-hydrogen) atoms. The molecule has 0 aromatic heterocycles. The molecule has 0 nitrogen and oxygen atoms in total. The molecule has 2 aromatic carbocycles. The van der Waals surface area contributed by atoms with E-state index in [0.717, 1.165) is 12.5 Å². The van der Waals surface area contributed by atoms with E-state index in [1.807, 2.05) is 0 Å². The molecule has 0 spiro atoms. The van der Waals surface area contributed by atoms with Crippen molar-refractivity contribution in [1.82, 2.24) is 0 Å². The van der Waals surface area contributed by atoms with Crippen LogP contribution in [0.1, 0.15) is 5.56 Å². The van der Waals surface area contributed by atoms with Gasteiger partial charge in [-0.1, -0.05) is 55.6 Å². The summed E-state index contributed by atoms with van der Waals surface area (Å²) in [6.45, 7) is 4.42. The van der Waals surface area contributed by atoms with Gasteiger partial charge in [-0.25, -0.2) is 0 Å². The van der Waals surface area contributed by atoms with E-state index in [4.69, 9.17) is 11.1 Å². The lowest BCUT2D eigenvalue weighted by atomic mass is 10.0. The Hall–Kier alpha value is -0.793. The predicted octanol–water partition coefficient (Wildman–Crippen LogP) is 4.83. The molecule has 0 aliphatic rings. The first kappa shape index (κ1) is 11.7. The van der Waals surface area contributed by atoms with Crippen LogP contribution in [0.3, 0.4) is 0 Å². The van der Waals surface area contributed by atoms with Gasteiger partial charge in [0.15, 0.2) is 7.38 Å². The van der Waals surface area contributed by atoms with Crippen LogP contribution in [-0.4, -0.2) is 7.38 Å². The topological polar surface area (TPSA) is 0 Å². The van der Waals surface area contributed by atoms with Crippen molar-refractivity contribution in [3.05, 3.63) is 48.0 Å². The van der Waals surface area contributed by atoms with Gasteiger partial charge in [0.05, 0.1) is 0 Å².